The minimum Gasteiger partial charge on any atom is -0.462 e. The number of anilines is 2. The fourth-order valence-electron chi connectivity index (χ4n) is 2.27. The first-order valence-electron chi connectivity index (χ1n) is 7.74. The summed E-state index contributed by atoms with van der Waals surface area (Å²) in [5.41, 5.74) is 1.49. The van der Waals surface area contributed by atoms with E-state index in [0.717, 1.165) is 10.4 Å². The molecule has 2 heterocycles. The van der Waals surface area contributed by atoms with Crippen LogP contribution in [0.2, 0.25) is 0 Å². The van der Waals surface area contributed by atoms with Crippen molar-refractivity contribution in [3.8, 4) is 10.4 Å². The third-order valence-corrected chi connectivity index (χ3v) is 5.18. The van der Waals surface area contributed by atoms with Crippen LogP contribution in [0.1, 0.15) is 17.3 Å². The van der Waals surface area contributed by atoms with Crippen molar-refractivity contribution in [1.29, 1.82) is 0 Å². The average molecular weight is 390 g/mol. The number of esters is 1. The lowest BCUT2D eigenvalue weighted by Gasteiger charge is -2.09. The van der Waals surface area contributed by atoms with Crippen LogP contribution in [0.3, 0.4) is 0 Å². The van der Waals surface area contributed by atoms with Crippen molar-refractivity contribution in [2.24, 2.45) is 0 Å². The van der Waals surface area contributed by atoms with Gasteiger partial charge in [0.15, 0.2) is 0 Å². The molecule has 3 aromatic rings. The zero-order valence-corrected chi connectivity index (χ0v) is 15.4. The maximum Gasteiger partial charge on any atom is 0.341 e. The van der Waals surface area contributed by atoms with Gasteiger partial charge in [0.25, 0.3) is 0 Å². The number of amides is 2. The van der Waals surface area contributed by atoms with Gasteiger partial charge in [-0.25, -0.2) is 14.0 Å². The molecule has 0 fully saturated rings. The Labute approximate surface area is 157 Å². The molecular formula is C18H15FN2O3S2. The predicted molar refractivity (Wildman–Crippen MR) is 103 cm³/mol. The third kappa shape index (κ3) is 4.09. The quantitative estimate of drug-likeness (QED) is 0.570. The standard InChI is InChI=1S/C18H15FN2O3S2/c1-2-24-17(22)15-13(14-4-3-9-25-14)10-26-16(15)21-18(23)20-12-7-5-11(19)6-8-12/h3-10H,2H2,1H3,(H2,20,21,23). The van der Waals surface area contributed by atoms with Gasteiger partial charge in [-0.2, -0.15) is 0 Å². The van der Waals surface area contributed by atoms with Crippen LogP contribution in [0.5, 0.6) is 0 Å². The first-order valence-corrected chi connectivity index (χ1v) is 9.50. The van der Waals surface area contributed by atoms with Gasteiger partial charge in [0.1, 0.15) is 16.4 Å². The van der Waals surface area contributed by atoms with Crippen LogP contribution in [-0.2, 0) is 4.74 Å². The summed E-state index contributed by atoms with van der Waals surface area (Å²) in [5, 5.41) is 9.39. The number of hydrogen-bond donors (Lipinski definition) is 2. The Hall–Kier alpha value is -2.71. The van der Waals surface area contributed by atoms with Gasteiger partial charge in [-0.3, -0.25) is 5.32 Å². The fraction of sp³-hybridized carbons (Fsp3) is 0.111. The van der Waals surface area contributed by atoms with Crippen molar-refractivity contribution < 1.29 is 18.7 Å². The zero-order valence-electron chi connectivity index (χ0n) is 13.7. The number of carbonyl (C=O) groups excluding carboxylic acids is 2. The number of halogens is 1. The van der Waals surface area contributed by atoms with E-state index in [4.69, 9.17) is 4.74 Å². The monoisotopic (exact) mass is 390 g/mol. The van der Waals surface area contributed by atoms with Crippen LogP contribution in [0.15, 0.2) is 47.2 Å². The minimum absolute atomic E-state index is 0.236. The molecule has 8 heteroatoms. The summed E-state index contributed by atoms with van der Waals surface area (Å²) in [6.07, 6.45) is 0. The Morgan fingerprint density at radius 2 is 1.88 bits per heavy atom. The van der Waals surface area contributed by atoms with Crippen LogP contribution in [-0.4, -0.2) is 18.6 Å². The van der Waals surface area contributed by atoms with E-state index in [1.807, 2.05) is 22.9 Å². The van der Waals surface area contributed by atoms with Crippen molar-refractivity contribution in [1.82, 2.24) is 0 Å². The lowest BCUT2D eigenvalue weighted by molar-refractivity contribution is 0.0529. The maximum absolute atomic E-state index is 12.9. The van der Waals surface area contributed by atoms with Gasteiger partial charge in [-0.1, -0.05) is 6.07 Å². The molecule has 1 aromatic carbocycles. The van der Waals surface area contributed by atoms with Gasteiger partial charge in [0, 0.05) is 21.5 Å². The van der Waals surface area contributed by atoms with Gasteiger partial charge >= 0.3 is 12.0 Å². The highest BCUT2D eigenvalue weighted by Crippen LogP contribution is 2.38. The van der Waals surface area contributed by atoms with Crippen molar-refractivity contribution in [2.75, 3.05) is 17.2 Å². The highest BCUT2D eigenvalue weighted by molar-refractivity contribution is 7.17. The Morgan fingerprint density at radius 1 is 1.12 bits per heavy atom. The molecule has 3 rings (SSSR count). The average Bonchev–Trinajstić information content (AvgIpc) is 3.26. The third-order valence-electron chi connectivity index (χ3n) is 3.39. The van der Waals surface area contributed by atoms with Gasteiger partial charge < -0.3 is 10.1 Å². The summed E-state index contributed by atoms with van der Waals surface area (Å²) in [4.78, 5) is 25.5. The minimum atomic E-state index is -0.526. The van der Waals surface area contributed by atoms with Crippen LogP contribution < -0.4 is 10.6 Å². The molecule has 0 aliphatic heterocycles. The second-order valence-corrected chi connectivity index (χ2v) is 6.96. The highest BCUT2D eigenvalue weighted by Gasteiger charge is 2.23. The largest absolute Gasteiger partial charge is 0.462 e. The van der Waals surface area contributed by atoms with Crippen LogP contribution in [0, 0.1) is 5.82 Å². The van der Waals surface area contributed by atoms with Crippen molar-refractivity contribution in [2.45, 2.75) is 6.92 Å². The van der Waals surface area contributed by atoms with Crippen molar-refractivity contribution >= 4 is 45.4 Å². The molecule has 2 aromatic heterocycles. The molecule has 0 radical (unpaired) electrons. The SMILES string of the molecule is CCOC(=O)c1c(-c2cccs2)csc1NC(=O)Nc1ccc(F)cc1. The van der Waals surface area contributed by atoms with E-state index < -0.39 is 12.0 Å². The fourth-order valence-corrected chi connectivity index (χ4v) is 4.03. The summed E-state index contributed by atoms with van der Waals surface area (Å²) in [6, 6.07) is 8.67. The molecule has 0 spiro atoms. The van der Waals surface area contributed by atoms with Gasteiger partial charge in [0.2, 0.25) is 0 Å². The molecule has 0 unspecified atom stereocenters. The highest BCUT2D eigenvalue weighted by atomic mass is 32.1. The molecule has 0 atom stereocenters. The van der Waals surface area contributed by atoms with Crippen LogP contribution in [0.25, 0.3) is 10.4 Å². The second-order valence-electron chi connectivity index (χ2n) is 5.14. The number of benzene rings is 1. The Kier molecular flexibility index (Phi) is 5.65. The second kappa shape index (κ2) is 8.11. The summed E-state index contributed by atoms with van der Waals surface area (Å²) < 4.78 is 18.1. The van der Waals surface area contributed by atoms with E-state index in [9.17, 15) is 14.0 Å². The summed E-state index contributed by atoms with van der Waals surface area (Å²) in [6.45, 7) is 1.96. The van der Waals surface area contributed by atoms with Crippen molar-refractivity contribution in [3.05, 3.63) is 58.5 Å². The zero-order chi connectivity index (χ0) is 18.5. The predicted octanol–water partition coefficient (Wildman–Crippen LogP) is 5.44. The van der Waals surface area contributed by atoms with Crippen LogP contribution >= 0.6 is 22.7 Å². The van der Waals surface area contributed by atoms with E-state index in [1.165, 1.54) is 46.9 Å². The normalized spacial score (nSPS) is 10.4. The van der Waals surface area contributed by atoms with Crippen LogP contribution in [0.4, 0.5) is 19.9 Å². The Balaban J connectivity index is 1.83. The van der Waals surface area contributed by atoms with Gasteiger partial charge in [0.05, 0.1) is 6.61 Å². The molecule has 26 heavy (non-hydrogen) atoms. The summed E-state index contributed by atoms with van der Waals surface area (Å²) in [7, 11) is 0. The molecular weight excluding hydrogens is 375 g/mol. The molecule has 0 saturated carbocycles. The van der Waals surface area contributed by atoms with Crippen molar-refractivity contribution in [3.63, 3.8) is 0 Å². The molecule has 2 amide bonds. The number of thiophene rings is 2. The molecule has 0 bridgehead atoms. The van der Waals surface area contributed by atoms with E-state index >= 15 is 0 Å². The molecule has 0 aliphatic carbocycles. The first kappa shape index (κ1) is 18.1. The first-order chi connectivity index (χ1) is 12.6. The molecule has 2 N–H and O–H groups in total. The topological polar surface area (TPSA) is 67.4 Å². The number of rotatable bonds is 5. The van der Waals surface area contributed by atoms with Gasteiger partial charge in [-0.05, 0) is 42.6 Å². The molecule has 134 valence electrons. The smallest absolute Gasteiger partial charge is 0.341 e. The Bertz CT molecular complexity index is 905. The lowest BCUT2D eigenvalue weighted by Crippen LogP contribution is -2.20. The maximum atomic E-state index is 12.9. The molecule has 0 aliphatic rings. The summed E-state index contributed by atoms with van der Waals surface area (Å²) in [5.74, 6) is -0.881. The number of ether oxygens (including phenoxy) is 1. The summed E-state index contributed by atoms with van der Waals surface area (Å²) >= 11 is 2.74. The van der Waals surface area contributed by atoms with Gasteiger partial charge in [-0.15, -0.1) is 22.7 Å². The van der Waals surface area contributed by atoms with E-state index in [-0.39, 0.29) is 12.4 Å². The number of carbonyl (C=O) groups is 2. The number of nitrogens with one attached hydrogen (secondary N) is 2. The van der Waals surface area contributed by atoms with E-state index in [2.05, 4.69) is 10.6 Å². The molecule has 0 saturated heterocycles. The number of hydrogen-bond acceptors (Lipinski definition) is 5. The lowest BCUT2D eigenvalue weighted by atomic mass is 10.1. The van der Waals surface area contributed by atoms with E-state index in [0.29, 0.717) is 16.3 Å². The number of urea groups is 1. The molecule has 5 nitrogen and oxygen atoms in total. The van der Waals surface area contributed by atoms with E-state index in [1.54, 1.807) is 6.92 Å². The Morgan fingerprint density at radius 3 is 2.54 bits per heavy atom.